The third-order valence-corrected chi connectivity index (χ3v) is 4.96. The Kier molecular flexibility index (Phi) is 4.22. The molecular weight excluding hydrogens is 346 g/mol. The van der Waals surface area contributed by atoms with Crippen LogP contribution in [0.4, 0.5) is 0 Å². The van der Waals surface area contributed by atoms with E-state index < -0.39 is 0 Å². The van der Waals surface area contributed by atoms with Crippen LogP contribution in [0, 0.1) is 6.92 Å². The third kappa shape index (κ3) is 3.21. The number of rotatable bonds is 4. The fraction of sp³-hybridized carbons (Fsp3) is 0.158. The lowest BCUT2D eigenvalue weighted by Gasteiger charge is -2.07. The highest BCUT2D eigenvalue weighted by Crippen LogP contribution is 2.30. The van der Waals surface area contributed by atoms with Gasteiger partial charge in [0.25, 0.3) is 5.91 Å². The number of hydrogen-bond acceptors (Lipinski definition) is 5. The Labute approximate surface area is 154 Å². The minimum atomic E-state index is -0.111. The number of thiophene rings is 1. The van der Waals surface area contributed by atoms with Gasteiger partial charge in [-0.2, -0.15) is 5.10 Å². The predicted molar refractivity (Wildman–Crippen MR) is 102 cm³/mol. The predicted octanol–water partition coefficient (Wildman–Crippen LogP) is 3.33. The van der Waals surface area contributed by atoms with Gasteiger partial charge in [-0.3, -0.25) is 9.48 Å². The van der Waals surface area contributed by atoms with Crippen LogP contribution in [0.2, 0.25) is 0 Å². The van der Waals surface area contributed by atoms with E-state index in [1.54, 1.807) is 22.2 Å². The molecule has 130 valence electrons. The van der Waals surface area contributed by atoms with Crippen LogP contribution >= 0.6 is 11.3 Å². The molecular formula is C19H17N5OS. The molecule has 0 aliphatic heterocycles. The Morgan fingerprint density at radius 3 is 2.73 bits per heavy atom. The Hall–Kier alpha value is -3.06. The lowest BCUT2D eigenvalue weighted by Crippen LogP contribution is -2.22. The van der Waals surface area contributed by atoms with Crippen molar-refractivity contribution in [2.24, 2.45) is 7.05 Å². The Balaban J connectivity index is 1.54. The number of benzene rings is 1. The smallest absolute Gasteiger partial charge is 0.251 e. The molecule has 3 heterocycles. The summed E-state index contributed by atoms with van der Waals surface area (Å²) in [4.78, 5) is 21.4. The van der Waals surface area contributed by atoms with Crippen LogP contribution in [0.25, 0.3) is 21.5 Å². The molecule has 0 aliphatic rings. The molecule has 1 amide bonds. The maximum Gasteiger partial charge on any atom is 0.251 e. The summed E-state index contributed by atoms with van der Waals surface area (Å²) in [5.41, 5.74) is 4.42. The number of aryl methyl sites for hydroxylation is 2. The molecule has 0 fully saturated rings. The molecule has 1 aromatic carbocycles. The van der Waals surface area contributed by atoms with Crippen LogP contribution in [0.5, 0.6) is 0 Å². The van der Waals surface area contributed by atoms with Gasteiger partial charge < -0.3 is 5.32 Å². The highest BCUT2D eigenvalue weighted by molar-refractivity contribution is 7.17. The summed E-state index contributed by atoms with van der Waals surface area (Å²) < 4.78 is 2.77. The summed E-state index contributed by atoms with van der Waals surface area (Å²) in [5.74, 6) is 0.629. The largest absolute Gasteiger partial charge is 0.348 e. The van der Waals surface area contributed by atoms with E-state index in [9.17, 15) is 4.79 Å². The molecule has 1 N–H and O–H groups in total. The van der Waals surface area contributed by atoms with Crippen LogP contribution in [-0.2, 0) is 13.6 Å². The normalized spacial score (nSPS) is 11.0. The van der Waals surface area contributed by atoms with Crippen molar-refractivity contribution in [1.82, 2.24) is 25.1 Å². The standard InChI is InChI=1S/C19H17N5OS/c1-12-22-16-7-8-26-18(16)17(23-12)14-3-5-15(6-4-14)19(25)20-9-13-10-21-24(2)11-13/h3-8,10-11H,9H2,1-2H3,(H,20,25). The lowest BCUT2D eigenvalue weighted by molar-refractivity contribution is 0.0951. The molecule has 3 aromatic heterocycles. The van der Waals surface area contributed by atoms with E-state index in [-0.39, 0.29) is 5.91 Å². The fourth-order valence-electron chi connectivity index (χ4n) is 2.80. The van der Waals surface area contributed by atoms with Crippen LogP contribution in [-0.4, -0.2) is 25.7 Å². The number of fused-ring (bicyclic) bond motifs is 1. The first-order chi connectivity index (χ1) is 12.6. The summed E-state index contributed by atoms with van der Waals surface area (Å²) in [6, 6.07) is 9.51. The third-order valence-electron chi connectivity index (χ3n) is 4.05. The second kappa shape index (κ2) is 6.68. The van der Waals surface area contributed by atoms with Crippen molar-refractivity contribution in [2.75, 3.05) is 0 Å². The molecule has 0 saturated heterocycles. The molecule has 0 aliphatic carbocycles. The summed E-state index contributed by atoms with van der Waals surface area (Å²) in [6.45, 7) is 2.34. The van der Waals surface area contributed by atoms with E-state index >= 15 is 0 Å². The van der Waals surface area contributed by atoms with Crippen LogP contribution < -0.4 is 5.32 Å². The topological polar surface area (TPSA) is 72.7 Å². The highest BCUT2D eigenvalue weighted by atomic mass is 32.1. The molecule has 0 saturated carbocycles. The molecule has 0 radical (unpaired) electrons. The molecule has 4 aromatic rings. The number of nitrogens with one attached hydrogen (secondary N) is 1. The molecule has 0 spiro atoms. The first-order valence-electron chi connectivity index (χ1n) is 8.18. The van der Waals surface area contributed by atoms with Crippen molar-refractivity contribution in [3.8, 4) is 11.3 Å². The number of hydrogen-bond donors (Lipinski definition) is 1. The first-order valence-corrected chi connectivity index (χ1v) is 9.06. The zero-order valence-electron chi connectivity index (χ0n) is 14.4. The highest BCUT2D eigenvalue weighted by Gasteiger charge is 2.11. The Morgan fingerprint density at radius 2 is 2.00 bits per heavy atom. The maximum absolute atomic E-state index is 12.3. The summed E-state index contributed by atoms with van der Waals surface area (Å²) in [6.07, 6.45) is 3.63. The number of carbonyl (C=O) groups excluding carboxylic acids is 1. The number of amides is 1. The number of aromatic nitrogens is 4. The van der Waals surface area contributed by atoms with E-state index in [1.807, 2.05) is 55.9 Å². The van der Waals surface area contributed by atoms with Crippen molar-refractivity contribution < 1.29 is 4.79 Å². The minimum Gasteiger partial charge on any atom is -0.348 e. The van der Waals surface area contributed by atoms with E-state index in [2.05, 4.69) is 20.4 Å². The molecule has 4 rings (SSSR count). The SMILES string of the molecule is Cc1nc(-c2ccc(C(=O)NCc3cnn(C)c3)cc2)c2sccc2n1. The van der Waals surface area contributed by atoms with Crippen molar-refractivity contribution in [3.63, 3.8) is 0 Å². The van der Waals surface area contributed by atoms with Gasteiger partial charge >= 0.3 is 0 Å². The van der Waals surface area contributed by atoms with E-state index in [1.165, 1.54) is 0 Å². The molecule has 6 nitrogen and oxygen atoms in total. The van der Waals surface area contributed by atoms with Crippen LogP contribution in [0.1, 0.15) is 21.7 Å². The second-order valence-electron chi connectivity index (χ2n) is 6.04. The van der Waals surface area contributed by atoms with Gasteiger partial charge in [-0.1, -0.05) is 12.1 Å². The number of nitrogens with zero attached hydrogens (tertiary/aromatic N) is 4. The van der Waals surface area contributed by atoms with Gasteiger partial charge in [0.1, 0.15) is 5.82 Å². The molecule has 26 heavy (non-hydrogen) atoms. The summed E-state index contributed by atoms with van der Waals surface area (Å²) in [7, 11) is 1.85. The zero-order chi connectivity index (χ0) is 18.1. The zero-order valence-corrected chi connectivity index (χ0v) is 15.2. The Bertz CT molecular complexity index is 1080. The van der Waals surface area contributed by atoms with Crippen molar-refractivity contribution in [1.29, 1.82) is 0 Å². The monoisotopic (exact) mass is 363 g/mol. The summed E-state index contributed by atoms with van der Waals surface area (Å²) in [5, 5.41) is 9.02. The molecule has 0 unspecified atom stereocenters. The van der Waals surface area contributed by atoms with Gasteiger partial charge in [0, 0.05) is 36.5 Å². The van der Waals surface area contributed by atoms with Gasteiger partial charge in [0.2, 0.25) is 0 Å². The van der Waals surface area contributed by atoms with Gasteiger partial charge in [-0.25, -0.2) is 9.97 Å². The molecule has 7 heteroatoms. The van der Waals surface area contributed by atoms with Crippen molar-refractivity contribution in [2.45, 2.75) is 13.5 Å². The van der Waals surface area contributed by atoms with Gasteiger partial charge in [-0.05, 0) is 30.5 Å². The average molecular weight is 363 g/mol. The minimum absolute atomic E-state index is 0.111. The van der Waals surface area contributed by atoms with Crippen molar-refractivity contribution >= 4 is 27.5 Å². The maximum atomic E-state index is 12.3. The van der Waals surface area contributed by atoms with Gasteiger partial charge in [0.05, 0.1) is 22.1 Å². The van der Waals surface area contributed by atoms with Crippen LogP contribution in [0.15, 0.2) is 48.1 Å². The second-order valence-corrected chi connectivity index (χ2v) is 6.95. The first kappa shape index (κ1) is 16.4. The van der Waals surface area contributed by atoms with E-state index in [0.717, 1.165) is 32.9 Å². The van der Waals surface area contributed by atoms with Gasteiger partial charge in [-0.15, -0.1) is 11.3 Å². The molecule has 0 bridgehead atoms. The summed E-state index contributed by atoms with van der Waals surface area (Å²) >= 11 is 1.62. The average Bonchev–Trinajstić information content (AvgIpc) is 3.27. The van der Waals surface area contributed by atoms with Crippen LogP contribution in [0.3, 0.4) is 0 Å². The Morgan fingerprint density at radius 1 is 1.19 bits per heavy atom. The number of carbonyl (C=O) groups is 1. The lowest BCUT2D eigenvalue weighted by atomic mass is 10.1. The van der Waals surface area contributed by atoms with E-state index in [4.69, 9.17) is 0 Å². The van der Waals surface area contributed by atoms with Gasteiger partial charge in [0.15, 0.2) is 0 Å². The quantitative estimate of drug-likeness (QED) is 0.604. The van der Waals surface area contributed by atoms with E-state index in [0.29, 0.717) is 12.1 Å². The fourth-order valence-corrected chi connectivity index (χ4v) is 3.64. The van der Waals surface area contributed by atoms with Crippen molar-refractivity contribution in [3.05, 3.63) is 65.1 Å². The molecule has 0 atom stereocenters.